The Balaban J connectivity index is 1.75. The summed E-state index contributed by atoms with van der Waals surface area (Å²) in [6, 6.07) is 18.1. The lowest BCUT2D eigenvalue weighted by Gasteiger charge is -2.01. The Morgan fingerprint density at radius 2 is 1.85 bits per heavy atom. The molecule has 0 aliphatic heterocycles. The number of carbonyl (C=O) groups is 2. The number of phenols is 1. The molecule has 2 amide bonds. The minimum atomic E-state index is -0.585. The van der Waals surface area contributed by atoms with Crippen molar-refractivity contribution in [2.24, 2.45) is 5.73 Å². The third kappa shape index (κ3) is 5.05. The van der Waals surface area contributed by atoms with Crippen molar-refractivity contribution in [3.8, 4) is 5.75 Å². The van der Waals surface area contributed by atoms with Gasteiger partial charge in [0.05, 0.1) is 5.56 Å². The normalized spacial score (nSPS) is 10.8. The summed E-state index contributed by atoms with van der Waals surface area (Å²) >= 11 is 1.33. The summed E-state index contributed by atoms with van der Waals surface area (Å²) in [6.45, 7) is 0. The Morgan fingerprint density at radius 3 is 2.56 bits per heavy atom. The van der Waals surface area contributed by atoms with Crippen LogP contribution in [0.4, 0.5) is 5.00 Å². The van der Waals surface area contributed by atoms with E-state index >= 15 is 0 Å². The molecule has 5 nitrogen and oxygen atoms in total. The molecule has 0 saturated heterocycles. The van der Waals surface area contributed by atoms with E-state index in [4.69, 9.17) is 5.73 Å². The minimum absolute atomic E-state index is 0.123. The van der Waals surface area contributed by atoms with Crippen LogP contribution in [-0.4, -0.2) is 16.9 Å². The van der Waals surface area contributed by atoms with E-state index in [2.05, 4.69) is 5.32 Å². The summed E-state index contributed by atoms with van der Waals surface area (Å²) in [6.07, 6.45) is 3.58. The zero-order valence-corrected chi connectivity index (χ0v) is 15.2. The fraction of sp³-hybridized carbons (Fsp3) is 0.0476. The number of carbonyl (C=O) groups excluding carboxylic acids is 2. The highest BCUT2D eigenvalue weighted by atomic mass is 32.1. The van der Waals surface area contributed by atoms with Crippen molar-refractivity contribution in [2.75, 3.05) is 5.32 Å². The Kier molecular flexibility index (Phi) is 5.68. The van der Waals surface area contributed by atoms with Crippen LogP contribution in [0.3, 0.4) is 0 Å². The highest BCUT2D eigenvalue weighted by Crippen LogP contribution is 2.29. The van der Waals surface area contributed by atoms with Gasteiger partial charge in [-0.3, -0.25) is 9.59 Å². The Bertz CT molecular complexity index is 994. The van der Waals surface area contributed by atoms with Crippen LogP contribution in [0.2, 0.25) is 0 Å². The van der Waals surface area contributed by atoms with Gasteiger partial charge in [0.2, 0.25) is 5.91 Å². The van der Waals surface area contributed by atoms with Gasteiger partial charge < -0.3 is 16.2 Å². The van der Waals surface area contributed by atoms with Gasteiger partial charge in [0.1, 0.15) is 10.8 Å². The molecule has 136 valence electrons. The van der Waals surface area contributed by atoms with E-state index in [9.17, 15) is 14.7 Å². The second-order valence-corrected chi connectivity index (χ2v) is 7.04. The number of hydrogen-bond donors (Lipinski definition) is 3. The molecular formula is C21H18N2O3S. The molecule has 4 N–H and O–H groups in total. The summed E-state index contributed by atoms with van der Waals surface area (Å²) in [5, 5.41) is 12.6. The maximum Gasteiger partial charge on any atom is 0.251 e. The largest absolute Gasteiger partial charge is 0.508 e. The summed E-state index contributed by atoms with van der Waals surface area (Å²) < 4.78 is 0. The lowest BCUT2D eigenvalue weighted by Crippen LogP contribution is -2.14. The molecule has 3 aromatic rings. The van der Waals surface area contributed by atoms with Crippen LogP contribution in [0, 0.1) is 0 Å². The van der Waals surface area contributed by atoms with Crippen LogP contribution in [0.15, 0.2) is 66.7 Å². The van der Waals surface area contributed by atoms with Gasteiger partial charge in [-0.25, -0.2) is 0 Å². The zero-order chi connectivity index (χ0) is 19.2. The van der Waals surface area contributed by atoms with Gasteiger partial charge in [-0.15, -0.1) is 11.3 Å². The Morgan fingerprint density at radius 1 is 1.07 bits per heavy atom. The SMILES string of the molecule is NC(=O)c1cc(Cc2ccccc2)sc1NC(=O)/C=C/c1cccc(O)c1. The van der Waals surface area contributed by atoms with Crippen LogP contribution in [-0.2, 0) is 11.2 Å². The summed E-state index contributed by atoms with van der Waals surface area (Å²) in [4.78, 5) is 24.9. The monoisotopic (exact) mass is 378 g/mol. The van der Waals surface area contributed by atoms with Crippen LogP contribution in [0.25, 0.3) is 6.08 Å². The molecule has 0 fully saturated rings. The molecule has 0 unspecified atom stereocenters. The third-order valence-corrected chi connectivity index (χ3v) is 4.85. The van der Waals surface area contributed by atoms with Crippen LogP contribution in [0.1, 0.15) is 26.4 Å². The quantitative estimate of drug-likeness (QED) is 0.570. The standard InChI is InChI=1S/C21H18N2O3S/c22-20(26)18-13-17(12-14-5-2-1-3-6-14)27-21(18)23-19(25)10-9-15-7-4-8-16(24)11-15/h1-11,13,24H,12H2,(H2,22,26)(H,23,25)/b10-9+. The molecule has 0 radical (unpaired) electrons. The smallest absolute Gasteiger partial charge is 0.251 e. The van der Waals surface area contributed by atoms with E-state index < -0.39 is 5.91 Å². The van der Waals surface area contributed by atoms with Crippen molar-refractivity contribution in [3.05, 3.63) is 88.3 Å². The molecule has 2 aromatic carbocycles. The van der Waals surface area contributed by atoms with Gasteiger partial charge in [0, 0.05) is 17.4 Å². The molecule has 3 rings (SSSR count). The van der Waals surface area contributed by atoms with Gasteiger partial charge in [-0.1, -0.05) is 42.5 Å². The van der Waals surface area contributed by atoms with Gasteiger partial charge in [-0.05, 0) is 35.4 Å². The predicted octanol–water partition coefficient (Wildman–Crippen LogP) is 3.80. The predicted molar refractivity (Wildman–Crippen MR) is 108 cm³/mol. The van der Waals surface area contributed by atoms with E-state index in [1.54, 1.807) is 36.4 Å². The van der Waals surface area contributed by atoms with Crippen LogP contribution >= 0.6 is 11.3 Å². The van der Waals surface area contributed by atoms with Crippen molar-refractivity contribution >= 4 is 34.2 Å². The van der Waals surface area contributed by atoms with Crippen molar-refractivity contribution < 1.29 is 14.7 Å². The number of aromatic hydroxyl groups is 1. The van der Waals surface area contributed by atoms with E-state index in [-0.39, 0.29) is 11.7 Å². The van der Waals surface area contributed by atoms with E-state index in [0.717, 1.165) is 10.4 Å². The number of hydrogen-bond acceptors (Lipinski definition) is 4. The Hall–Kier alpha value is -3.38. The van der Waals surface area contributed by atoms with E-state index in [0.29, 0.717) is 22.5 Å². The van der Waals surface area contributed by atoms with E-state index in [1.165, 1.54) is 17.4 Å². The molecule has 1 heterocycles. The molecular weight excluding hydrogens is 360 g/mol. The number of phenolic OH excluding ortho intramolecular Hbond substituents is 1. The average molecular weight is 378 g/mol. The lowest BCUT2D eigenvalue weighted by atomic mass is 10.1. The minimum Gasteiger partial charge on any atom is -0.508 e. The molecule has 0 spiro atoms. The highest BCUT2D eigenvalue weighted by molar-refractivity contribution is 7.16. The second-order valence-electron chi connectivity index (χ2n) is 5.90. The van der Waals surface area contributed by atoms with Gasteiger partial charge in [0.15, 0.2) is 0 Å². The maximum atomic E-state index is 12.2. The van der Waals surface area contributed by atoms with Gasteiger partial charge in [-0.2, -0.15) is 0 Å². The molecule has 0 atom stereocenters. The number of thiophene rings is 1. The van der Waals surface area contributed by atoms with Crippen LogP contribution < -0.4 is 11.1 Å². The zero-order valence-electron chi connectivity index (χ0n) is 14.4. The average Bonchev–Trinajstić information content (AvgIpc) is 3.03. The van der Waals surface area contributed by atoms with Crippen molar-refractivity contribution in [3.63, 3.8) is 0 Å². The van der Waals surface area contributed by atoms with Gasteiger partial charge >= 0.3 is 0 Å². The first-order valence-corrected chi connectivity index (χ1v) is 9.07. The van der Waals surface area contributed by atoms with Crippen LogP contribution in [0.5, 0.6) is 5.75 Å². The fourth-order valence-corrected chi connectivity index (χ4v) is 3.65. The lowest BCUT2D eigenvalue weighted by molar-refractivity contribution is -0.111. The summed E-state index contributed by atoms with van der Waals surface area (Å²) in [5.41, 5.74) is 7.54. The highest BCUT2D eigenvalue weighted by Gasteiger charge is 2.15. The molecule has 27 heavy (non-hydrogen) atoms. The topological polar surface area (TPSA) is 92.4 Å². The molecule has 6 heteroatoms. The third-order valence-electron chi connectivity index (χ3n) is 3.80. The molecule has 0 aliphatic rings. The number of anilines is 1. The number of rotatable bonds is 6. The van der Waals surface area contributed by atoms with Crippen molar-refractivity contribution in [1.29, 1.82) is 0 Å². The number of primary amides is 1. The number of nitrogens with one attached hydrogen (secondary N) is 1. The second kappa shape index (κ2) is 8.33. The molecule has 0 saturated carbocycles. The fourth-order valence-electron chi connectivity index (χ4n) is 2.56. The van der Waals surface area contributed by atoms with Crippen molar-refractivity contribution in [1.82, 2.24) is 0 Å². The van der Waals surface area contributed by atoms with E-state index in [1.807, 2.05) is 30.3 Å². The molecule has 0 bridgehead atoms. The Labute approximate surface area is 160 Å². The van der Waals surface area contributed by atoms with Crippen molar-refractivity contribution in [2.45, 2.75) is 6.42 Å². The number of nitrogens with two attached hydrogens (primary N) is 1. The maximum absolute atomic E-state index is 12.2. The summed E-state index contributed by atoms with van der Waals surface area (Å²) in [7, 11) is 0. The molecule has 1 aromatic heterocycles. The first-order valence-electron chi connectivity index (χ1n) is 8.26. The summed E-state index contributed by atoms with van der Waals surface area (Å²) in [5.74, 6) is -0.843. The molecule has 0 aliphatic carbocycles. The van der Waals surface area contributed by atoms with Gasteiger partial charge in [0.25, 0.3) is 5.91 Å². The first kappa shape index (κ1) is 18.4. The first-order chi connectivity index (χ1) is 13.0. The number of benzene rings is 2. The number of amides is 2.